The fourth-order valence-corrected chi connectivity index (χ4v) is 7.85. The summed E-state index contributed by atoms with van der Waals surface area (Å²) < 4.78 is 6.58. The predicted molar refractivity (Wildman–Crippen MR) is 228 cm³/mol. The van der Waals surface area contributed by atoms with E-state index in [1.807, 2.05) is 0 Å². The maximum atomic E-state index is 6.58. The highest BCUT2D eigenvalue weighted by molar-refractivity contribution is 6.19. The standard InChI is InChI=1S/C52H35NO/c1-3-13-36(14-4-1)37-25-27-38(28-26-37)39-29-32-43(33-30-39)53(49-23-10-9-20-45(49)40-15-5-2-6-16-40)44-19-11-18-42(35-44)46-22-12-24-50-51(46)48-34-31-41-17-7-8-21-47(41)52(48)54-50/h1-35H. The van der Waals surface area contributed by atoms with Gasteiger partial charge < -0.3 is 9.32 Å². The maximum absolute atomic E-state index is 6.58. The Hall–Kier alpha value is -7.16. The Morgan fingerprint density at radius 2 is 0.907 bits per heavy atom. The van der Waals surface area contributed by atoms with Crippen LogP contribution in [0, 0.1) is 0 Å². The molecule has 0 unspecified atom stereocenters. The van der Waals surface area contributed by atoms with Crippen LogP contribution in [0.15, 0.2) is 217 Å². The molecule has 54 heavy (non-hydrogen) atoms. The summed E-state index contributed by atoms with van der Waals surface area (Å²) in [5.41, 5.74) is 14.5. The van der Waals surface area contributed by atoms with Gasteiger partial charge in [-0.1, -0.05) is 170 Å². The number of hydrogen-bond acceptors (Lipinski definition) is 2. The number of para-hydroxylation sites is 1. The van der Waals surface area contributed by atoms with Crippen molar-refractivity contribution in [2.45, 2.75) is 0 Å². The minimum atomic E-state index is 0.892. The number of benzene rings is 9. The maximum Gasteiger partial charge on any atom is 0.143 e. The van der Waals surface area contributed by atoms with Crippen LogP contribution in [-0.4, -0.2) is 0 Å². The summed E-state index contributed by atoms with van der Waals surface area (Å²) in [5, 5.41) is 4.57. The highest BCUT2D eigenvalue weighted by atomic mass is 16.3. The minimum absolute atomic E-state index is 0.892. The van der Waals surface area contributed by atoms with Crippen LogP contribution in [0.25, 0.3) is 77.2 Å². The van der Waals surface area contributed by atoms with Crippen LogP contribution in [0.2, 0.25) is 0 Å². The zero-order valence-electron chi connectivity index (χ0n) is 29.6. The third kappa shape index (κ3) is 5.62. The lowest BCUT2D eigenvalue weighted by Gasteiger charge is -2.28. The predicted octanol–water partition coefficient (Wildman–Crippen LogP) is 14.9. The Balaban J connectivity index is 1.10. The summed E-state index contributed by atoms with van der Waals surface area (Å²) in [5.74, 6) is 0. The lowest BCUT2D eigenvalue weighted by molar-refractivity contribution is 0.673. The number of nitrogens with zero attached hydrogens (tertiary/aromatic N) is 1. The molecule has 0 aliphatic heterocycles. The van der Waals surface area contributed by atoms with Crippen LogP contribution in [0.3, 0.4) is 0 Å². The second kappa shape index (κ2) is 13.4. The number of furan rings is 1. The molecule has 2 heteroatoms. The van der Waals surface area contributed by atoms with E-state index in [4.69, 9.17) is 4.42 Å². The fourth-order valence-electron chi connectivity index (χ4n) is 7.85. The molecule has 10 rings (SSSR count). The van der Waals surface area contributed by atoms with Crippen molar-refractivity contribution < 1.29 is 4.42 Å². The first-order chi connectivity index (χ1) is 26.8. The zero-order chi connectivity index (χ0) is 35.8. The third-order valence-corrected chi connectivity index (χ3v) is 10.5. The highest BCUT2D eigenvalue weighted by Crippen LogP contribution is 2.44. The highest BCUT2D eigenvalue weighted by Gasteiger charge is 2.20. The molecule has 2 nitrogen and oxygen atoms in total. The molecule has 0 spiro atoms. The molecule has 10 aromatic rings. The summed E-state index contributed by atoms with van der Waals surface area (Å²) in [7, 11) is 0. The van der Waals surface area contributed by atoms with Gasteiger partial charge >= 0.3 is 0 Å². The molecule has 0 bridgehead atoms. The van der Waals surface area contributed by atoms with E-state index >= 15 is 0 Å². The van der Waals surface area contributed by atoms with Gasteiger partial charge in [0.25, 0.3) is 0 Å². The Morgan fingerprint density at radius 1 is 0.333 bits per heavy atom. The van der Waals surface area contributed by atoms with Crippen molar-refractivity contribution >= 4 is 49.8 Å². The Bertz CT molecular complexity index is 2910. The average molecular weight is 690 g/mol. The Labute approximate surface area is 314 Å². The van der Waals surface area contributed by atoms with E-state index in [1.165, 1.54) is 38.8 Å². The lowest BCUT2D eigenvalue weighted by Crippen LogP contribution is -2.11. The molecule has 0 atom stereocenters. The van der Waals surface area contributed by atoms with E-state index in [2.05, 4.69) is 217 Å². The number of anilines is 3. The first-order valence-electron chi connectivity index (χ1n) is 18.4. The summed E-state index contributed by atoms with van der Waals surface area (Å²) in [6.07, 6.45) is 0. The van der Waals surface area contributed by atoms with Gasteiger partial charge in [-0.05, 0) is 86.8 Å². The second-order valence-corrected chi connectivity index (χ2v) is 13.7. The molecule has 9 aromatic carbocycles. The van der Waals surface area contributed by atoms with E-state index in [1.54, 1.807) is 0 Å². The molecule has 254 valence electrons. The molecule has 1 aromatic heterocycles. The number of rotatable bonds is 7. The molecule has 0 radical (unpaired) electrons. The van der Waals surface area contributed by atoms with Crippen molar-refractivity contribution in [2.24, 2.45) is 0 Å². The molecule has 0 fully saturated rings. The van der Waals surface area contributed by atoms with Gasteiger partial charge in [-0.2, -0.15) is 0 Å². The minimum Gasteiger partial charge on any atom is -0.455 e. The smallest absolute Gasteiger partial charge is 0.143 e. The summed E-state index contributed by atoms with van der Waals surface area (Å²) >= 11 is 0. The van der Waals surface area contributed by atoms with Crippen LogP contribution in [-0.2, 0) is 0 Å². The van der Waals surface area contributed by atoms with E-state index in [-0.39, 0.29) is 0 Å². The second-order valence-electron chi connectivity index (χ2n) is 13.7. The largest absolute Gasteiger partial charge is 0.455 e. The normalized spacial score (nSPS) is 11.3. The molecule has 0 saturated heterocycles. The summed E-state index contributed by atoms with van der Waals surface area (Å²) in [6.45, 7) is 0. The van der Waals surface area contributed by atoms with Crippen molar-refractivity contribution in [3.8, 4) is 44.5 Å². The zero-order valence-corrected chi connectivity index (χ0v) is 29.6. The van der Waals surface area contributed by atoms with Gasteiger partial charge in [0.1, 0.15) is 11.2 Å². The topological polar surface area (TPSA) is 16.4 Å². The van der Waals surface area contributed by atoms with Crippen molar-refractivity contribution in [3.63, 3.8) is 0 Å². The van der Waals surface area contributed by atoms with Gasteiger partial charge in [-0.25, -0.2) is 0 Å². The van der Waals surface area contributed by atoms with Gasteiger partial charge in [-0.15, -0.1) is 0 Å². The van der Waals surface area contributed by atoms with Crippen LogP contribution < -0.4 is 4.90 Å². The van der Waals surface area contributed by atoms with E-state index in [0.717, 1.165) is 55.5 Å². The average Bonchev–Trinajstić information content (AvgIpc) is 3.65. The van der Waals surface area contributed by atoms with Gasteiger partial charge in [0.15, 0.2) is 0 Å². The van der Waals surface area contributed by atoms with Crippen molar-refractivity contribution in [3.05, 3.63) is 212 Å². The van der Waals surface area contributed by atoms with Crippen molar-refractivity contribution in [1.82, 2.24) is 0 Å². The third-order valence-electron chi connectivity index (χ3n) is 10.5. The summed E-state index contributed by atoms with van der Waals surface area (Å²) in [4.78, 5) is 2.38. The van der Waals surface area contributed by atoms with Crippen LogP contribution >= 0.6 is 0 Å². The quantitative estimate of drug-likeness (QED) is 0.166. The molecule has 0 aliphatic rings. The van der Waals surface area contributed by atoms with Gasteiger partial charge in [0.05, 0.1) is 5.69 Å². The van der Waals surface area contributed by atoms with Gasteiger partial charge in [-0.3, -0.25) is 0 Å². The first-order valence-corrected chi connectivity index (χ1v) is 18.4. The van der Waals surface area contributed by atoms with Crippen LogP contribution in [0.4, 0.5) is 17.1 Å². The van der Waals surface area contributed by atoms with Crippen LogP contribution in [0.1, 0.15) is 0 Å². The lowest BCUT2D eigenvalue weighted by atomic mass is 9.97. The van der Waals surface area contributed by atoms with Crippen LogP contribution in [0.5, 0.6) is 0 Å². The van der Waals surface area contributed by atoms with Gasteiger partial charge in [0.2, 0.25) is 0 Å². The molecule has 0 amide bonds. The van der Waals surface area contributed by atoms with E-state index in [9.17, 15) is 0 Å². The van der Waals surface area contributed by atoms with Crippen molar-refractivity contribution in [2.75, 3.05) is 4.90 Å². The summed E-state index contributed by atoms with van der Waals surface area (Å²) in [6, 6.07) is 75.8. The van der Waals surface area contributed by atoms with Gasteiger partial charge in [0, 0.05) is 33.1 Å². The molecular formula is C52H35NO. The number of fused-ring (bicyclic) bond motifs is 5. The molecule has 0 N–H and O–H groups in total. The molecule has 0 aliphatic carbocycles. The first kappa shape index (κ1) is 31.6. The monoisotopic (exact) mass is 689 g/mol. The Kier molecular flexibility index (Phi) is 7.85. The molecular weight excluding hydrogens is 655 g/mol. The van der Waals surface area contributed by atoms with E-state index < -0.39 is 0 Å². The molecule has 0 saturated carbocycles. The van der Waals surface area contributed by atoms with Crippen molar-refractivity contribution in [1.29, 1.82) is 0 Å². The molecule has 1 heterocycles. The fraction of sp³-hybridized carbons (Fsp3) is 0. The Morgan fingerprint density at radius 3 is 1.67 bits per heavy atom. The van der Waals surface area contributed by atoms with E-state index in [0.29, 0.717) is 0 Å². The SMILES string of the molecule is c1ccc(-c2ccc(-c3ccc(N(c4cccc(-c5cccc6oc7c8ccccc8ccc7c56)c4)c4ccccc4-c4ccccc4)cc3)cc2)cc1. The number of hydrogen-bond donors (Lipinski definition) is 0.